The first-order valence-electron chi connectivity index (χ1n) is 11.9. The third-order valence-corrected chi connectivity index (χ3v) is 7.72. The largest absolute Gasteiger partial charge is 0.461 e. The lowest BCUT2D eigenvalue weighted by Gasteiger charge is -2.43. The van der Waals surface area contributed by atoms with Gasteiger partial charge in [0, 0.05) is 29.5 Å². The first kappa shape index (κ1) is 22.3. The zero-order chi connectivity index (χ0) is 24.3. The number of benzene rings is 1. The number of cyclic esters (lactones) is 1. The zero-order valence-corrected chi connectivity index (χ0v) is 19.4. The summed E-state index contributed by atoms with van der Waals surface area (Å²) in [4.78, 5) is 33.1. The molecule has 0 aliphatic carbocycles. The lowest BCUT2D eigenvalue weighted by molar-refractivity contribution is -0.151. The second kappa shape index (κ2) is 8.22. The maximum Gasteiger partial charge on any atom is 0.307 e. The molecule has 2 aromatic heterocycles. The van der Waals surface area contributed by atoms with Crippen LogP contribution < -0.4 is 5.56 Å². The highest BCUT2D eigenvalue weighted by Gasteiger charge is 2.48. The van der Waals surface area contributed by atoms with Gasteiger partial charge in [0.25, 0.3) is 5.56 Å². The molecular weight excluding hydrogens is 453 g/mol. The van der Waals surface area contributed by atoms with E-state index < -0.39 is 17.6 Å². The van der Waals surface area contributed by atoms with Crippen molar-refractivity contribution in [3.63, 3.8) is 0 Å². The fraction of sp³-hybridized carbons (Fsp3) is 0.423. The Morgan fingerprint density at radius 1 is 1.20 bits per heavy atom. The van der Waals surface area contributed by atoms with E-state index in [1.165, 1.54) is 12.1 Å². The molecule has 2 atom stereocenters. The second-order valence-corrected chi connectivity index (χ2v) is 9.52. The summed E-state index contributed by atoms with van der Waals surface area (Å²) >= 11 is 0. The number of aliphatic hydroxyl groups excluding tert-OH is 1. The van der Waals surface area contributed by atoms with Gasteiger partial charge >= 0.3 is 5.97 Å². The van der Waals surface area contributed by atoms with Gasteiger partial charge in [-0.15, -0.1) is 0 Å². The van der Waals surface area contributed by atoms with Gasteiger partial charge in [-0.05, 0) is 42.3 Å². The third kappa shape index (κ3) is 3.41. The fourth-order valence-electron chi connectivity index (χ4n) is 5.79. The summed E-state index contributed by atoms with van der Waals surface area (Å²) in [5, 5.41) is 12.3. The van der Waals surface area contributed by atoms with Crippen molar-refractivity contribution in [2.24, 2.45) is 0 Å². The van der Waals surface area contributed by atoms with Crippen LogP contribution in [-0.2, 0) is 32.8 Å². The number of pyridine rings is 2. The minimum atomic E-state index is -1.02. The number of carbonyl (C=O) groups excluding carboxylic acids is 1. The number of ether oxygens (including phenoxy) is 2. The van der Waals surface area contributed by atoms with E-state index in [-0.39, 0.29) is 24.4 Å². The molecule has 9 heteroatoms. The van der Waals surface area contributed by atoms with Crippen molar-refractivity contribution >= 4 is 16.9 Å². The smallest absolute Gasteiger partial charge is 0.307 e. The van der Waals surface area contributed by atoms with Crippen LogP contribution in [0.5, 0.6) is 0 Å². The number of morpholine rings is 1. The predicted octanol–water partition coefficient (Wildman–Crippen LogP) is 2.31. The summed E-state index contributed by atoms with van der Waals surface area (Å²) in [6, 6.07) is 8.20. The average molecular weight is 480 g/mol. The van der Waals surface area contributed by atoms with E-state index in [4.69, 9.17) is 14.5 Å². The molecular formula is C26H26FN3O5. The molecule has 35 heavy (non-hydrogen) atoms. The number of rotatable bonds is 3. The van der Waals surface area contributed by atoms with Gasteiger partial charge in [0.05, 0.1) is 48.6 Å². The average Bonchev–Trinajstić information content (AvgIpc) is 3.15. The molecule has 1 saturated heterocycles. The van der Waals surface area contributed by atoms with E-state index in [1.807, 2.05) is 24.0 Å². The Bertz CT molecular complexity index is 1410. The van der Waals surface area contributed by atoms with Gasteiger partial charge in [0.2, 0.25) is 0 Å². The Kier molecular flexibility index (Phi) is 5.24. The summed E-state index contributed by atoms with van der Waals surface area (Å²) in [7, 11) is 0. The molecule has 182 valence electrons. The Morgan fingerprint density at radius 2 is 2.00 bits per heavy atom. The molecule has 1 aromatic carbocycles. The number of carbonyl (C=O) groups is 1. The van der Waals surface area contributed by atoms with Crippen LogP contribution in [0.25, 0.3) is 22.3 Å². The van der Waals surface area contributed by atoms with Crippen LogP contribution in [0, 0.1) is 5.82 Å². The van der Waals surface area contributed by atoms with Gasteiger partial charge in [-0.25, -0.2) is 9.37 Å². The molecule has 0 spiro atoms. The van der Waals surface area contributed by atoms with E-state index in [1.54, 1.807) is 10.6 Å². The molecule has 0 saturated carbocycles. The van der Waals surface area contributed by atoms with Crippen molar-refractivity contribution in [3.05, 3.63) is 63.2 Å². The third-order valence-electron chi connectivity index (χ3n) is 7.72. The molecule has 5 heterocycles. The zero-order valence-electron chi connectivity index (χ0n) is 19.4. The monoisotopic (exact) mass is 479 g/mol. The highest BCUT2D eigenvalue weighted by molar-refractivity contribution is 5.84. The number of fused-ring (bicyclic) bond motifs is 5. The SMILES string of the molecule is CCC1(C(O)N2CCOCC2)CC(=O)OCc2c1cc1n(c2=O)Cc2cc3cc(F)ccc3nc2-1. The van der Waals surface area contributed by atoms with Crippen molar-refractivity contribution in [1.82, 2.24) is 14.5 Å². The van der Waals surface area contributed by atoms with E-state index >= 15 is 0 Å². The summed E-state index contributed by atoms with van der Waals surface area (Å²) < 4.78 is 26.3. The summed E-state index contributed by atoms with van der Waals surface area (Å²) in [6.45, 7) is 4.13. The molecule has 8 nitrogen and oxygen atoms in total. The molecule has 0 bridgehead atoms. The number of esters is 1. The number of aliphatic hydroxyl groups is 1. The molecule has 1 fully saturated rings. The van der Waals surface area contributed by atoms with Crippen LogP contribution in [0.2, 0.25) is 0 Å². The van der Waals surface area contributed by atoms with Crippen LogP contribution in [0.15, 0.2) is 35.1 Å². The lowest BCUT2D eigenvalue weighted by Crippen LogP contribution is -2.55. The quantitative estimate of drug-likeness (QED) is 0.451. The molecule has 0 radical (unpaired) electrons. The van der Waals surface area contributed by atoms with Gasteiger partial charge < -0.3 is 19.1 Å². The van der Waals surface area contributed by atoms with Crippen LogP contribution in [0.1, 0.15) is 36.5 Å². The molecule has 1 N–H and O–H groups in total. The molecule has 0 amide bonds. The second-order valence-electron chi connectivity index (χ2n) is 9.52. The highest BCUT2D eigenvalue weighted by Crippen LogP contribution is 2.43. The molecule has 3 aliphatic rings. The first-order valence-corrected chi connectivity index (χ1v) is 11.9. The number of hydrogen-bond acceptors (Lipinski definition) is 7. The minimum absolute atomic E-state index is 0.0325. The van der Waals surface area contributed by atoms with Gasteiger partial charge in [0.1, 0.15) is 18.7 Å². The van der Waals surface area contributed by atoms with Crippen molar-refractivity contribution < 1.29 is 23.8 Å². The van der Waals surface area contributed by atoms with Crippen LogP contribution >= 0.6 is 0 Å². The number of hydrogen-bond donors (Lipinski definition) is 1. The Morgan fingerprint density at radius 3 is 2.77 bits per heavy atom. The van der Waals surface area contributed by atoms with Gasteiger partial charge in [-0.1, -0.05) is 6.92 Å². The van der Waals surface area contributed by atoms with Crippen molar-refractivity contribution in [3.8, 4) is 11.4 Å². The molecule has 3 aromatic rings. The van der Waals surface area contributed by atoms with Crippen LogP contribution in [0.3, 0.4) is 0 Å². The van der Waals surface area contributed by atoms with E-state index in [0.29, 0.717) is 72.7 Å². The predicted molar refractivity (Wildman–Crippen MR) is 125 cm³/mol. The topological polar surface area (TPSA) is 93.9 Å². The van der Waals surface area contributed by atoms with Crippen molar-refractivity contribution in [2.75, 3.05) is 26.3 Å². The maximum absolute atomic E-state index is 13.8. The van der Waals surface area contributed by atoms with Gasteiger partial charge in [0.15, 0.2) is 0 Å². The highest BCUT2D eigenvalue weighted by atomic mass is 19.1. The summed E-state index contributed by atoms with van der Waals surface area (Å²) in [5.74, 6) is -0.781. The van der Waals surface area contributed by atoms with Gasteiger partial charge in [-0.3, -0.25) is 14.5 Å². The molecule has 3 aliphatic heterocycles. The van der Waals surface area contributed by atoms with E-state index in [9.17, 15) is 19.1 Å². The van der Waals surface area contributed by atoms with Crippen molar-refractivity contribution in [2.45, 2.75) is 44.6 Å². The lowest BCUT2D eigenvalue weighted by atomic mass is 9.71. The van der Waals surface area contributed by atoms with Crippen LogP contribution in [-0.4, -0.2) is 58.1 Å². The normalized spacial score (nSPS) is 22.8. The summed E-state index contributed by atoms with van der Waals surface area (Å²) in [6.07, 6.45) is -0.583. The summed E-state index contributed by atoms with van der Waals surface area (Å²) in [5.41, 5.74) is 2.50. The Labute approximate surface area is 200 Å². The fourth-order valence-corrected chi connectivity index (χ4v) is 5.79. The van der Waals surface area contributed by atoms with Crippen molar-refractivity contribution in [1.29, 1.82) is 0 Å². The van der Waals surface area contributed by atoms with Gasteiger partial charge in [-0.2, -0.15) is 0 Å². The number of aromatic nitrogens is 2. The minimum Gasteiger partial charge on any atom is -0.461 e. The Balaban J connectivity index is 1.56. The molecule has 6 rings (SSSR count). The molecule has 2 unspecified atom stereocenters. The number of halogens is 1. The van der Waals surface area contributed by atoms with Crippen LogP contribution in [0.4, 0.5) is 4.39 Å². The maximum atomic E-state index is 13.8. The van der Waals surface area contributed by atoms with E-state index in [0.717, 1.165) is 5.56 Å². The first-order chi connectivity index (χ1) is 16.9. The number of nitrogens with zero attached hydrogens (tertiary/aromatic N) is 3. The standard InChI is InChI=1S/C26H26FN3O5/c1-2-26(25(33)29-5-7-34-8-6-29)12-22(31)35-14-18-19(26)11-21-23-16(13-30(21)24(18)32)9-15-10-17(27)3-4-20(15)28-23/h3-4,9-11,25,33H,2,5-8,12-14H2,1H3. The Hall–Kier alpha value is -3.14. The van der Waals surface area contributed by atoms with E-state index in [2.05, 4.69) is 0 Å².